The molecule has 132 valence electrons. The second-order valence-electron chi connectivity index (χ2n) is 6.15. The quantitative estimate of drug-likeness (QED) is 0.852. The number of carbonyl (C=O) groups is 1. The number of hydrogen-bond acceptors (Lipinski definition) is 4. The largest absolute Gasteiger partial charge is 0.487 e. The van der Waals surface area contributed by atoms with Crippen molar-refractivity contribution >= 4 is 21.6 Å². The van der Waals surface area contributed by atoms with Crippen molar-refractivity contribution in [2.45, 2.75) is 13.0 Å². The predicted molar refractivity (Wildman–Crippen MR) is 95.7 cm³/mol. The third kappa shape index (κ3) is 4.58. The van der Waals surface area contributed by atoms with Crippen LogP contribution in [0.4, 0.5) is 5.69 Å². The number of nitrogens with two attached hydrogens (primary N) is 1. The molecule has 0 bridgehead atoms. The van der Waals surface area contributed by atoms with Crippen LogP contribution in [0, 0.1) is 5.92 Å². The topological polar surface area (TPSA) is 89.7 Å². The number of amides is 1. The highest BCUT2D eigenvalue weighted by molar-refractivity contribution is 7.89. The van der Waals surface area contributed by atoms with Gasteiger partial charge in [-0.15, -0.1) is 0 Å². The lowest BCUT2D eigenvalue weighted by Gasteiger charge is -2.20. The van der Waals surface area contributed by atoms with Crippen LogP contribution in [0.5, 0.6) is 5.75 Å². The van der Waals surface area contributed by atoms with Crippen molar-refractivity contribution < 1.29 is 17.9 Å². The minimum absolute atomic E-state index is 0.121. The Balaban J connectivity index is 1.75. The minimum atomic E-state index is -3.60. The molecule has 2 aromatic carbocycles. The molecule has 0 aliphatic carbocycles. The van der Waals surface area contributed by atoms with Gasteiger partial charge in [0.05, 0.1) is 11.4 Å². The van der Waals surface area contributed by atoms with E-state index in [1.54, 1.807) is 17.0 Å². The third-order valence-electron chi connectivity index (χ3n) is 4.07. The number of carbonyl (C=O) groups excluding carboxylic acids is 1. The van der Waals surface area contributed by atoms with Crippen LogP contribution < -0.4 is 14.8 Å². The van der Waals surface area contributed by atoms with Crippen molar-refractivity contribution in [2.24, 2.45) is 11.1 Å². The Labute approximate surface area is 147 Å². The lowest BCUT2D eigenvalue weighted by molar-refractivity contribution is -0.117. The summed E-state index contributed by atoms with van der Waals surface area (Å²) in [6, 6.07) is 17.0. The summed E-state index contributed by atoms with van der Waals surface area (Å²) >= 11 is 0. The van der Waals surface area contributed by atoms with Crippen molar-refractivity contribution in [2.75, 3.05) is 17.2 Å². The van der Waals surface area contributed by atoms with E-state index in [1.165, 1.54) is 0 Å². The Morgan fingerprint density at radius 3 is 2.48 bits per heavy atom. The van der Waals surface area contributed by atoms with E-state index >= 15 is 0 Å². The Morgan fingerprint density at radius 2 is 1.76 bits per heavy atom. The summed E-state index contributed by atoms with van der Waals surface area (Å²) in [4.78, 5) is 13.9. The van der Waals surface area contributed by atoms with Crippen LogP contribution in [0.25, 0.3) is 0 Å². The molecule has 2 aromatic rings. The van der Waals surface area contributed by atoms with Gasteiger partial charge in [0.2, 0.25) is 15.9 Å². The SMILES string of the molecule is NS(=O)(=O)CC1CC(=O)N(c2ccccc2OCc2ccccc2)C1. The van der Waals surface area contributed by atoms with Gasteiger partial charge < -0.3 is 9.64 Å². The molecule has 1 aliphatic rings. The third-order valence-corrected chi connectivity index (χ3v) is 5.00. The molecule has 0 aromatic heterocycles. The summed E-state index contributed by atoms with van der Waals surface area (Å²) in [6.45, 7) is 0.710. The molecule has 7 heteroatoms. The summed E-state index contributed by atoms with van der Waals surface area (Å²) in [5.41, 5.74) is 1.68. The molecule has 3 rings (SSSR count). The number of nitrogens with zero attached hydrogens (tertiary/aromatic N) is 1. The minimum Gasteiger partial charge on any atom is -0.487 e. The second kappa shape index (κ2) is 7.25. The smallest absolute Gasteiger partial charge is 0.227 e. The molecule has 2 N–H and O–H groups in total. The molecule has 0 radical (unpaired) electrons. The average molecular weight is 360 g/mol. The maximum atomic E-state index is 12.3. The van der Waals surface area contributed by atoms with Gasteiger partial charge in [-0.05, 0) is 17.7 Å². The molecule has 1 saturated heterocycles. The van der Waals surface area contributed by atoms with Gasteiger partial charge in [0, 0.05) is 18.9 Å². The molecule has 1 atom stereocenters. The van der Waals surface area contributed by atoms with E-state index in [4.69, 9.17) is 9.88 Å². The standard InChI is InChI=1S/C18H20N2O4S/c19-25(22,23)13-15-10-18(21)20(11-15)16-8-4-5-9-17(16)24-12-14-6-2-1-3-7-14/h1-9,15H,10-13H2,(H2,19,22,23). The first-order chi connectivity index (χ1) is 11.9. The summed E-state index contributed by atoms with van der Waals surface area (Å²) < 4.78 is 28.5. The number of benzene rings is 2. The summed E-state index contributed by atoms with van der Waals surface area (Å²) in [5.74, 6) is -0.0208. The fraction of sp³-hybridized carbons (Fsp3) is 0.278. The van der Waals surface area contributed by atoms with E-state index in [0.29, 0.717) is 24.6 Å². The highest BCUT2D eigenvalue weighted by atomic mass is 32.2. The monoisotopic (exact) mass is 360 g/mol. The van der Waals surface area contributed by atoms with Crippen LogP contribution in [-0.2, 0) is 21.4 Å². The number of primary sulfonamides is 1. The molecule has 1 amide bonds. The lowest BCUT2D eigenvalue weighted by atomic mass is 10.1. The fourth-order valence-electron chi connectivity index (χ4n) is 2.99. The van der Waals surface area contributed by atoms with Gasteiger partial charge in [-0.3, -0.25) is 4.79 Å². The number of sulfonamides is 1. The van der Waals surface area contributed by atoms with E-state index in [1.807, 2.05) is 42.5 Å². The zero-order valence-electron chi connectivity index (χ0n) is 13.7. The van der Waals surface area contributed by atoms with Crippen molar-refractivity contribution in [3.63, 3.8) is 0 Å². The zero-order valence-corrected chi connectivity index (χ0v) is 14.5. The molecule has 1 fully saturated rings. The van der Waals surface area contributed by atoms with Gasteiger partial charge in [0.25, 0.3) is 0 Å². The first-order valence-corrected chi connectivity index (χ1v) is 9.70. The van der Waals surface area contributed by atoms with Crippen LogP contribution in [0.3, 0.4) is 0 Å². The number of para-hydroxylation sites is 2. The van der Waals surface area contributed by atoms with Crippen molar-refractivity contribution in [3.05, 3.63) is 60.2 Å². The van der Waals surface area contributed by atoms with E-state index in [0.717, 1.165) is 5.56 Å². The van der Waals surface area contributed by atoms with Gasteiger partial charge in [0.15, 0.2) is 0 Å². The van der Waals surface area contributed by atoms with Crippen LogP contribution in [0.15, 0.2) is 54.6 Å². The zero-order chi connectivity index (χ0) is 17.9. The molecule has 6 nitrogen and oxygen atoms in total. The molecule has 1 unspecified atom stereocenters. The Morgan fingerprint density at radius 1 is 1.08 bits per heavy atom. The molecule has 1 heterocycles. The van der Waals surface area contributed by atoms with Crippen molar-refractivity contribution in [1.29, 1.82) is 0 Å². The maximum Gasteiger partial charge on any atom is 0.227 e. The first-order valence-electron chi connectivity index (χ1n) is 7.99. The number of hydrogen-bond donors (Lipinski definition) is 1. The number of rotatable bonds is 6. The Bertz CT molecular complexity index is 852. The van der Waals surface area contributed by atoms with E-state index < -0.39 is 10.0 Å². The highest BCUT2D eigenvalue weighted by Crippen LogP contribution is 2.33. The van der Waals surface area contributed by atoms with E-state index in [-0.39, 0.29) is 24.0 Å². The molecule has 1 aliphatic heterocycles. The maximum absolute atomic E-state index is 12.3. The van der Waals surface area contributed by atoms with Gasteiger partial charge in [-0.2, -0.15) is 0 Å². The molecule has 0 saturated carbocycles. The molecular formula is C18H20N2O4S. The molecule has 0 spiro atoms. The second-order valence-corrected chi connectivity index (χ2v) is 7.81. The van der Waals surface area contributed by atoms with Crippen LogP contribution in [-0.4, -0.2) is 26.6 Å². The van der Waals surface area contributed by atoms with Crippen LogP contribution >= 0.6 is 0 Å². The molecule has 25 heavy (non-hydrogen) atoms. The predicted octanol–water partition coefficient (Wildman–Crippen LogP) is 1.91. The lowest BCUT2D eigenvalue weighted by Crippen LogP contribution is -2.27. The average Bonchev–Trinajstić information content (AvgIpc) is 2.92. The Kier molecular flexibility index (Phi) is 5.06. The fourth-order valence-corrected chi connectivity index (χ4v) is 3.87. The first kappa shape index (κ1) is 17.4. The van der Waals surface area contributed by atoms with Crippen LogP contribution in [0.2, 0.25) is 0 Å². The summed E-state index contributed by atoms with van der Waals surface area (Å²) in [7, 11) is -3.60. The summed E-state index contributed by atoms with van der Waals surface area (Å²) in [6.07, 6.45) is 0.170. The van der Waals surface area contributed by atoms with Gasteiger partial charge in [0.1, 0.15) is 12.4 Å². The van der Waals surface area contributed by atoms with Crippen molar-refractivity contribution in [1.82, 2.24) is 0 Å². The van der Waals surface area contributed by atoms with E-state index in [2.05, 4.69) is 0 Å². The highest BCUT2D eigenvalue weighted by Gasteiger charge is 2.34. The Hall–Kier alpha value is -2.38. The van der Waals surface area contributed by atoms with Gasteiger partial charge in [-0.1, -0.05) is 42.5 Å². The van der Waals surface area contributed by atoms with Crippen molar-refractivity contribution in [3.8, 4) is 5.75 Å². The molecular weight excluding hydrogens is 340 g/mol. The normalized spacial score (nSPS) is 17.7. The summed E-state index contributed by atoms with van der Waals surface area (Å²) in [5, 5.41) is 5.10. The van der Waals surface area contributed by atoms with Gasteiger partial charge in [-0.25, -0.2) is 13.6 Å². The van der Waals surface area contributed by atoms with E-state index in [9.17, 15) is 13.2 Å². The van der Waals surface area contributed by atoms with Gasteiger partial charge >= 0.3 is 0 Å². The number of ether oxygens (including phenoxy) is 1. The number of anilines is 1. The van der Waals surface area contributed by atoms with Crippen LogP contribution in [0.1, 0.15) is 12.0 Å².